The van der Waals surface area contributed by atoms with Crippen molar-refractivity contribution < 1.29 is 19.5 Å². The summed E-state index contributed by atoms with van der Waals surface area (Å²) in [7, 11) is 0. The number of nitrogens with zero attached hydrogens (tertiary/aromatic N) is 3. The molecule has 2 unspecified atom stereocenters. The first-order valence-electron chi connectivity index (χ1n) is 14.2. The summed E-state index contributed by atoms with van der Waals surface area (Å²) < 4.78 is -0.987. The van der Waals surface area contributed by atoms with Crippen LogP contribution < -0.4 is 0 Å². The monoisotopic (exact) mass is 531 g/mol. The van der Waals surface area contributed by atoms with Crippen molar-refractivity contribution in [3.63, 3.8) is 0 Å². The second-order valence-corrected chi connectivity index (χ2v) is 13.4. The Bertz CT molecular complexity index is 906. The second kappa shape index (κ2) is 11.5. The Morgan fingerprint density at radius 3 is 2.46 bits per heavy atom. The number of thioether (sulfide) groups is 1. The summed E-state index contributed by atoms with van der Waals surface area (Å²) in [6.07, 6.45) is 11.7. The fourth-order valence-electron chi connectivity index (χ4n) is 7.58. The van der Waals surface area contributed by atoms with Gasteiger partial charge in [0.05, 0.1) is 16.6 Å². The molecule has 37 heavy (non-hydrogen) atoms. The zero-order chi connectivity index (χ0) is 26.8. The lowest BCUT2D eigenvalue weighted by atomic mass is 9.66. The lowest BCUT2D eigenvalue weighted by Crippen LogP contribution is -2.57. The smallest absolute Gasteiger partial charge is 0.247 e. The highest BCUT2D eigenvalue weighted by molar-refractivity contribution is 8.02. The molecule has 0 aromatic rings. The third-order valence-corrected chi connectivity index (χ3v) is 11.1. The van der Waals surface area contributed by atoms with Crippen molar-refractivity contribution in [3.05, 3.63) is 25.3 Å². The Kier molecular flexibility index (Phi) is 8.79. The molecule has 2 bridgehead atoms. The number of carbonyl (C=O) groups is 3. The first-order valence-corrected chi connectivity index (χ1v) is 15.0. The summed E-state index contributed by atoms with van der Waals surface area (Å²) in [4.78, 5) is 48.3. The average Bonchev–Trinajstić information content (AvgIpc) is 3.46. The molecule has 5 atom stereocenters. The van der Waals surface area contributed by atoms with E-state index in [0.717, 1.165) is 44.9 Å². The van der Waals surface area contributed by atoms with Gasteiger partial charge in [0.25, 0.3) is 0 Å². The maximum atomic E-state index is 14.5. The van der Waals surface area contributed by atoms with Gasteiger partial charge >= 0.3 is 0 Å². The van der Waals surface area contributed by atoms with E-state index in [2.05, 4.69) is 20.1 Å². The van der Waals surface area contributed by atoms with Crippen molar-refractivity contribution in [2.45, 2.75) is 93.2 Å². The van der Waals surface area contributed by atoms with Gasteiger partial charge in [-0.25, -0.2) is 0 Å². The first-order chi connectivity index (χ1) is 17.8. The van der Waals surface area contributed by atoms with Gasteiger partial charge in [0, 0.05) is 43.6 Å². The van der Waals surface area contributed by atoms with Gasteiger partial charge in [-0.2, -0.15) is 0 Å². The molecule has 0 radical (unpaired) electrons. The van der Waals surface area contributed by atoms with Gasteiger partial charge in [-0.3, -0.25) is 14.4 Å². The summed E-state index contributed by atoms with van der Waals surface area (Å²) >= 11 is 1.73. The molecule has 8 heteroatoms. The van der Waals surface area contributed by atoms with E-state index in [1.807, 2.05) is 16.7 Å². The van der Waals surface area contributed by atoms with Gasteiger partial charge in [-0.1, -0.05) is 38.3 Å². The number of hydrogen-bond donors (Lipinski definition) is 1. The van der Waals surface area contributed by atoms with E-state index in [4.69, 9.17) is 0 Å². The fourth-order valence-corrected chi connectivity index (χ4v) is 9.93. The molecule has 1 N–H and O–H groups in total. The van der Waals surface area contributed by atoms with Crippen LogP contribution in [0.5, 0.6) is 0 Å². The van der Waals surface area contributed by atoms with Gasteiger partial charge in [-0.15, -0.1) is 24.9 Å². The summed E-state index contributed by atoms with van der Waals surface area (Å²) in [5.74, 6) is -1.04. The van der Waals surface area contributed by atoms with Crippen molar-refractivity contribution in [3.8, 4) is 0 Å². The molecule has 1 saturated carbocycles. The van der Waals surface area contributed by atoms with E-state index in [1.165, 1.54) is 6.42 Å². The Morgan fingerprint density at radius 1 is 1.14 bits per heavy atom. The zero-order valence-corrected chi connectivity index (χ0v) is 23.5. The summed E-state index contributed by atoms with van der Waals surface area (Å²) in [5, 5.41) is 9.62. The quantitative estimate of drug-likeness (QED) is 0.389. The number of aliphatic hydroxyl groups excluding tert-OH is 1. The molecule has 4 rings (SSSR count). The Hall–Kier alpha value is -1.80. The van der Waals surface area contributed by atoms with E-state index in [0.29, 0.717) is 32.6 Å². The summed E-state index contributed by atoms with van der Waals surface area (Å²) in [5.41, 5.74) is 0. The van der Waals surface area contributed by atoms with E-state index in [1.54, 1.807) is 28.8 Å². The van der Waals surface area contributed by atoms with Crippen molar-refractivity contribution in [2.24, 2.45) is 11.8 Å². The van der Waals surface area contributed by atoms with Crippen LogP contribution in [0.25, 0.3) is 0 Å². The van der Waals surface area contributed by atoms with Crippen LogP contribution in [0.4, 0.5) is 0 Å². The Balaban J connectivity index is 1.74. The summed E-state index contributed by atoms with van der Waals surface area (Å²) in [6, 6.07) is -0.448. The number of amides is 3. The standard InChI is InChI=1S/C29H45N3O4S/c1-5-16-30(17-6-2)25(34)22-23-26(35)32(19-11-20-33)24(29(23)15-14-28(22,4)37-29)27(36)31(18-7-3)21-12-9-8-10-13-21/h5,7,21-24,33H,1,3,6,8-20H2,2,4H3/t22-,23+,24?,28+,29?/m1/s1. The van der Waals surface area contributed by atoms with E-state index >= 15 is 0 Å². The molecule has 3 saturated heterocycles. The predicted molar refractivity (Wildman–Crippen MR) is 148 cm³/mol. The number of rotatable bonds is 12. The highest BCUT2D eigenvalue weighted by Crippen LogP contribution is 2.71. The molecule has 3 amide bonds. The molecule has 0 aromatic heterocycles. The van der Waals surface area contributed by atoms with Crippen LogP contribution >= 0.6 is 11.8 Å². The third kappa shape index (κ3) is 4.77. The molecule has 206 valence electrons. The Morgan fingerprint density at radius 2 is 1.84 bits per heavy atom. The number of likely N-dealkylation sites (tertiary alicyclic amines) is 1. The number of carbonyl (C=O) groups excluding carboxylic acids is 3. The van der Waals surface area contributed by atoms with E-state index < -0.39 is 22.6 Å². The van der Waals surface area contributed by atoms with Gasteiger partial charge in [-0.05, 0) is 45.4 Å². The van der Waals surface area contributed by atoms with Crippen LogP contribution in [0.15, 0.2) is 25.3 Å². The van der Waals surface area contributed by atoms with Crippen LogP contribution in [0.3, 0.4) is 0 Å². The molecule has 3 aliphatic heterocycles. The number of fused-ring (bicyclic) bond motifs is 1. The van der Waals surface area contributed by atoms with Crippen LogP contribution in [0, 0.1) is 11.8 Å². The predicted octanol–water partition coefficient (Wildman–Crippen LogP) is 3.62. The first kappa shape index (κ1) is 28.2. The zero-order valence-electron chi connectivity index (χ0n) is 22.7. The van der Waals surface area contributed by atoms with Crippen LogP contribution in [-0.4, -0.2) is 91.9 Å². The maximum Gasteiger partial charge on any atom is 0.247 e. The largest absolute Gasteiger partial charge is 0.396 e. The van der Waals surface area contributed by atoms with Crippen molar-refractivity contribution in [1.82, 2.24) is 14.7 Å². The van der Waals surface area contributed by atoms with Crippen molar-refractivity contribution in [2.75, 3.05) is 32.8 Å². The topological polar surface area (TPSA) is 81.2 Å². The lowest BCUT2D eigenvalue weighted by Gasteiger charge is -2.41. The SMILES string of the molecule is C=CCN(CCC)C(=O)[C@H]1[C@H]2C(=O)N(CCCO)C(C(=O)N(CC=C)C3CCCCC3)C23CC[C@]1(C)S3. The third-order valence-electron chi connectivity index (χ3n) is 9.11. The second-order valence-electron chi connectivity index (χ2n) is 11.5. The molecule has 1 aliphatic carbocycles. The minimum atomic E-state index is -0.612. The lowest BCUT2D eigenvalue weighted by molar-refractivity contribution is -0.146. The van der Waals surface area contributed by atoms with E-state index in [9.17, 15) is 19.5 Å². The summed E-state index contributed by atoms with van der Waals surface area (Å²) in [6.45, 7) is 13.8. The van der Waals surface area contributed by atoms with Crippen molar-refractivity contribution in [1.29, 1.82) is 0 Å². The average molecular weight is 532 g/mol. The molecule has 4 fully saturated rings. The van der Waals surface area contributed by atoms with Crippen molar-refractivity contribution >= 4 is 29.5 Å². The molecule has 7 nitrogen and oxygen atoms in total. The molecular formula is C29H45N3O4S. The van der Waals surface area contributed by atoms with Gasteiger partial charge in [0.2, 0.25) is 17.7 Å². The van der Waals surface area contributed by atoms with E-state index in [-0.39, 0.29) is 35.1 Å². The van der Waals surface area contributed by atoms with Crippen LogP contribution in [0.2, 0.25) is 0 Å². The number of hydrogen-bond acceptors (Lipinski definition) is 5. The molecule has 3 heterocycles. The highest BCUT2D eigenvalue weighted by Gasteiger charge is 2.77. The highest BCUT2D eigenvalue weighted by atomic mass is 32.2. The molecular weight excluding hydrogens is 486 g/mol. The minimum Gasteiger partial charge on any atom is -0.396 e. The van der Waals surface area contributed by atoms with Crippen LogP contribution in [-0.2, 0) is 14.4 Å². The maximum absolute atomic E-state index is 14.5. The van der Waals surface area contributed by atoms with Gasteiger partial charge < -0.3 is 19.8 Å². The van der Waals surface area contributed by atoms with Gasteiger partial charge in [0.1, 0.15) is 6.04 Å². The van der Waals surface area contributed by atoms with Gasteiger partial charge in [0.15, 0.2) is 0 Å². The normalized spacial score (nSPS) is 32.9. The fraction of sp³-hybridized carbons (Fsp3) is 0.759. The molecule has 4 aliphatic rings. The minimum absolute atomic E-state index is 0.00180. The van der Waals surface area contributed by atoms with Crippen LogP contribution in [0.1, 0.15) is 71.6 Å². The molecule has 0 aromatic carbocycles. The molecule has 1 spiro atoms. The Labute approximate surface area is 226 Å². The number of aliphatic hydroxyl groups is 1.